The van der Waals surface area contributed by atoms with E-state index in [0.717, 1.165) is 15.9 Å². The van der Waals surface area contributed by atoms with Crippen LogP contribution in [-0.4, -0.2) is 30.0 Å². The van der Waals surface area contributed by atoms with Crippen LogP contribution in [0.2, 0.25) is 0 Å². The maximum absolute atomic E-state index is 12.4. The highest BCUT2D eigenvalue weighted by Gasteiger charge is 2.24. The predicted octanol–water partition coefficient (Wildman–Crippen LogP) is 1.92. The van der Waals surface area contributed by atoms with E-state index in [1.54, 1.807) is 0 Å². The maximum Gasteiger partial charge on any atom is 0.246 e. The van der Waals surface area contributed by atoms with Gasteiger partial charge in [-0.3, -0.25) is 0 Å². The second kappa shape index (κ2) is 5.52. The molecule has 0 aromatic heterocycles. The third kappa shape index (κ3) is 2.92. The Morgan fingerprint density at radius 1 is 1.05 bits per heavy atom. The number of aromatic hydroxyl groups is 2. The lowest BCUT2D eigenvalue weighted by Crippen LogP contribution is -2.26. The van der Waals surface area contributed by atoms with Crippen molar-refractivity contribution in [3.63, 3.8) is 0 Å². The molecule has 0 amide bonds. The number of nitrogens with zero attached hydrogens (tertiary/aromatic N) is 1. The van der Waals surface area contributed by atoms with Gasteiger partial charge in [0.05, 0.1) is 0 Å². The van der Waals surface area contributed by atoms with E-state index in [1.165, 1.54) is 19.2 Å². The fourth-order valence-corrected chi connectivity index (χ4v) is 3.04. The molecule has 0 radical (unpaired) electrons. The highest BCUT2D eigenvalue weighted by atomic mass is 32.2. The standard InChI is InChI=1S/C14H15NO4S/c1-15(10-11-5-3-2-4-6-11)20(18,19)14-8-7-12(16)9-13(14)17/h2-9,16-17H,10H2,1H3. The normalized spacial score (nSPS) is 11.7. The van der Waals surface area contributed by atoms with Crippen molar-refractivity contribution < 1.29 is 18.6 Å². The summed E-state index contributed by atoms with van der Waals surface area (Å²) in [4.78, 5) is -0.228. The van der Waals surface area contributed by atoms with Crippen LogP contribution < -0.4 is 0 Å². The van der Waals surface area contributed by atoms with E-state index >= 15 is 0 Å². The summed E-state index contributed by atoms with van der Waals surface area (Å²) < 4.78 is 25.9. The first-order valence-corrected chi connectivity index (χ1v) is 7.37. The maximum atomic E-state index is 12.4. The van der Waals surface area contributed by atoms with Gasteiger partial charge in [-0.25, -0.2) is 8.42 Å². The van der Waals surface area contributed by atoms with Crippen LogP contribution in [0.5, 0.6) is 11.5 Å². The summed E-state index contributed by atoms with van der Waals surface area (Å²) >= 11 is 0. The number of phenols is 2. The Morgan fingerprint density at radius 3 is 2.30 bits per heavy atom. The highest BCUT2D eigenvalue weighted by molar-refractivity contribution is 7.89. The van der Waals surface area contributed by atoms with E-state index in [2.05, 4.69) is 0 Å². The molecule has 2 N–H and O–H groups in total. The summed E-state index contributed by atoms with van der Waals surface area (Å²) in [6.07, 6.45) is 0. The molecule has 2 rings (SSSR count). The van der Waals surface area contributed by atoms with Crippen LogP contribution in [0, 0.1) is 0 Å². The zero-order chi connectivity index (χ0) is 14.8. The molecule has 0 saturated carbocycles. The molecule has 0 aliphatic heterocycles. The molecule has 0 unspecified atom stereocenters. The third-order valence-electron chi connectivity index (χ3n) is 2.88. The molecule has 106 valence electrons. The number of rotatable bonds is 4. The lowest BCUT2D eigenvalue weighted by atomic mass is 10.2. The van der Waals surface area contributed by atoms with Crippen LogP contribution in [0.1, 0.15) is 5.56 Å². The Kier molecular flexibility index (Phi) is 3.96. The van der Waals surface area contributed by atoms with Crippen molar-refractivity contribution >= 4 is 10.0 Å². The second-order valence-electron chi connectivity index (χ2n) is 4.40. The fourth-order valence-electron chi connectivity index (χ4n) is 1.82. The molecular formula is C14H15NO4S. The molecule has 0 saturated heterocycles. The number of hydrogen-bond acceptors (Lipinski definition) is 4. The van der Waals surface area contributed by atoms with Gasteiger partial charge < -0.3 is 10.2 Å². The summed E-state index contributed by atoms with van der Waals surface area (Å²) in [5.41, 5.74) is 0.844. The molecule has 0 aliphatic carbocycles. The monoisotopic (exact) mass is 293 g/mol. The minimum Gasteiger partial charge on any atom is -0.508 e. The van der Waals surface area contributed by atoms with Crippen LogP contribution in [0.25, 0.3) is 0 Å². The van der Waals surface area contributed by atoms with Gasteiger partial charge in [0.2, 0.25) is 10.0 Å². The van der Waals surface area contributed by atoms with Crippen LogP contribution in [-0.2, 0) is 16.6 Å². The predicted molar refractivity (Wildman–Crippen MR) is 74.9 cm³/mol. The van der Waals surface area contributed by atoms with Crippen molar-refractivity contribution in [3.05, 3.63) is 54.1 Å². The van der Waals surface area contributed by atoms with Gasteiger partial charge in [-0.05, 0) is 17.7 Å². The average molecular weight is 293 g/mol. The molecule has 0 fully saturated rings. The Balaban J connectivity index is 2.30. The van der Waals surface area contributed by atoms with Gasteiger partial charge in [-0.1, -0.05) is 30.3 Å². The molecule has 0 bridgehead atoms. The summed E-state index contributed by atoms with van der Waals surface area (Å²) in [6.45, 7) is 0.198. The molecule has 20 heavy (non-hydrogen) atoms. The first-order chi connectivity index (χ1) is 9.41. The first kappa shape index (κ1) is 14.4. The number of phenolic OH excluding ortho intramolecular Hbond substituents is 2. The summed E-state index contributed by atoms with van der Waals surface area (Å²) in [6, 6.07) is 12.6. The van der Waals surface area contributed by atoms with Gasteiger partial charge in [-0.2, -0.15) is 4.31 Å². The van der Waals surface area contributed by atoms with Gasteiger partial charge in [0, 0.05) is 19.7 Å². The van der Waals surface area contributed by atoms with Crippen LogP contribution in [0.4, 0.5) is 0 Å². The number of hydrogen-bond donors (Lipinski definition) is 2. The summed E-state index contributed by atoms with van der Waals surface area (Å²) in [7, 11) is -2.37. The van der Waals surface area contributed by atoms with E-state index < -0.39 is 15.8 Å². The lowest BCUT2D eigenvalue weighted by Gasteiger charge is -2.18. The van der Waals surface area contributed by atoms with Crippen LogP contribution in [0.15, 0.2) is 53.4 Å². The molecule has 0 atom stereocenters. The molecular weight excluding hydrogens is 278 g/mol. The zero-order valence-electron chi connectivity index (χ0n) is 10.9. The van der Waals surface area contributed by atoms with Gasteiger partial charge in [-0.15, -0.1) is 0 Å². The Labute approximate surface area is 117 Å². The zero-order valence-corrected chi connectivity index (χ0v) is 11.7. The topological polar surface area (TPSA) is 77.8 Å². The van der Waals surface area contributed by atoms with E-state index in [9.17, 15) is 18.6 Å². The number of benzene rings is 2. The van der Waals surface area contributed by atoms with Gasteiger partial charge in [0.15, 0.2) is 0 Å². The van der Waals surface area contributed by atoms with Gasteiger partial charge >= 0.3 is 0 Å². The molecule has 6 heteroatoms. The SMILES string of the molecule is CN(Cc1ccccc1)S(=O)(=O)c1ccc(O)cc1O. The molecule has 0 heterocycles. The lowest BCUT2D eigenvalue weighted by molar-refractivity contribution is 0.429. The van der Waals surface area contributed by atoms with E-state index in [-0.39, 0.29) is 17.2 Å². The molecule has 5 nitrogen and oxygen atoms in total. The van der Waals surface area contributed by atoms with Crippen molar-refractivity contribution in [2.75, 3.05) is 7.05 Å². The second-order valence-corrected chi connectivity index (χ2v) is 6.41. The van der Waals surface area contributed by atoms with E-state index in [4.69, 9.17) is 0 Å². The number of sulfonamides is 1. The molecule has 0 spiro atoms. The molecule has 0 aliphatic rings. The van der Waals surface area contributed by atoms with E-state index in [0.29, 0.717) is 0 Å². The van der Waals surface area contributed by atoms with E-state index in [1.807, 2.05) is 30.3 Å². The minimum absolute atomic E-state index is 0.188. The van der Waals surface area contributed by atoms with Crippen LogP contribution in [0.3, 0.4) is 0 Å². The molecule has 2 aromatic rings. The minimum atomic E-state index is -3.81. The van der Waals surface area contributed by atoms with Crippen LogP contribution >= 0.6 is 0 Å². The van der Waals surface area contributed by atoms with Crippen molar-refractivity contribution in [1.82, 2.24) is 4.31 Å². The van der Waals surface area contributed by atoms with Gasteiger partial charge in [0.1, 0.15) is 16.4 Å². The quantitative estimate of drug-likeness (QED) is 0.902. The summed E-state index contributed by atoms with van der Waals surface area (Å²) in [5.74, 6) is -0.655. The van der Waals surface area contributed by atoms with Crippen molar-refractivity contribution in [2.24, 2.45) is 0 Å². The fraction of sp³-hybridized carbons (Fsp3) is 0.143. The summed E-state index contributed by atoms with van der Waals surface area (Å²) in [5, 5.41) is 18.9. The van der Waals surface area contributed by atoms with Crippen molar-refractivity contribution in [2.45, 2.75) is 11.4 Å². The average Bonchev–Trinajstić information content (AvgIpc) is 2.39. The largest absolute Gasteiger partial charge is 0.508 e. The smallest absolute Gasteiger partial charge is 0.246 e. The Morgan fingerprint density at radius 2 is 1.70 bits per heavy atom. The van der Waals surface area contributed by atoms with Crippen molar-refractivity contribution in [1.29, 1.82) is 0 Å². The Hall–Kier alpha value is -2.05. The van der Waals surface area contributed by atoms with Gasteiger partial charge in [0.25, 0.3) is 0 Å². The Bertz CT molecular complexity index is 698. The molecule has 2 aromatic carbocycles. The third-order valence-corrected chi connectivity index (χ3v) is 4.73. The highest BCUT2D eigenvalue weighted by Crippen LogP contribution is 2.29. The first-order valence-electron chi connectivity index (χ1n) is 5.93. The van der Waals surface area contributed by atoms with Crippen molar-refractivity contribution in [3.8, 4) is 11.5 Å².